The Balaban J connectivity index is 0. The molecule has 0 bridgehead atoms. The molecule has 0 amide bonds. The van der Waals surface area contributed by atoms with Gasteiger partial charge in [0.1, 0.15) is 6.42 Å². The quantitative estimate of drug-likeness (QED) is 0.287. The van der Waals surface area contributed by atoms with Gasteiger partial charge < -0.3 is 10.2 Å². The molecular formula is C4H6MgO5. The smallest absolute Gasteiger partial charge is 0.372 e. The summed E-state index contributed by atoms with van der Waals surface area (Å²) in [7, 11) is 0. The third-order valence-electron chi connectivity index (χ3n) is 0.550. The first kappa shape index (κ1) is 12.1. The number of carboxylic acid groups (broad SMARTS) is 2. The van der Waals surface area contributed by atoms with Crippen molar-refractivity contribution in [1.29, 1.82) is 0 Å². The number of rotatable bonds is 3. The van der Waals surface area contributed by atoms with E-state index in [4.69, 9.17) is 10.2 Å². The van der Waals surface area contributed by atoms with E-state index in [1.54, 1.807) is 0 Å². The van der Waals surface area contributed by atoms with E-state index in [9.17, 15) is 14.4 Å². The van der Waals surface area contributed by atoms with Crippen molar-refractivity contribution >= 4 is 40.8 Å². The van der Waals surface area contributed by atoms with Crippen molar-refractivity contribution in [2.75, 3.05) is 0 Å². The van der Waals surface area contributed by atoms with Gasteiger partial charge >= 0.3 is 35.0 Å². The third kappa shape index (κ3) is 5.51. The molecule has 0 unspecified atom stereocenters. The highest BCUT2D eigenvalue weighted by molar-refractivity contribution is 6.35. The molecule has 6 heteroatoms. The molecule has 0 aliphatic carbocycles. The van der Waals surface area contributed by atoms with Crippen LogP contribution in [0.2, 0.25) is 0 Å². The second kappa shape index (κ2) is 5.18. The van der Waals surface area contributed by atoms with Crippen LogP contribution in [0.15, 0.2) is 0 Å². The van der Waals surface area contributed by atoms with Crippen molar-refractivity contribution in [2.45, 2.75) is 6.42 Å². The van der Waals surface area contributed by atoms with Crippen molar-refractivity contribution in [3.8, 4) is 0 Å². The number of carbonyl (C=O) groups excluding carboxylic acids is 1. The monoisotopic (exact) mass is 158 g/mol. The van der Waals surface area contributed by atoms with Gasteiger partial charge in [0, 0.05) is 0 Å². The van der Waals surface area contributed by atoms with Crippen LogP contribution in [0.1, 0.15) is 6.42 Å². The van der Waals surface area contributed by atoms with E-state index in [1.807, 2.05) is 0 Å². The number of hydrogen-bond acceptors (Lipinski definition) is 3. The fourth-order valence-electron chi connectivity index (χ4n) is 0.213. The molecule has 0 aliphatic rings. The number of carbonyl (C=O) groups is 3. The zero-order valence-electron chi connectivity index (χ0n) is 4.33. The van der Waals surface area contributed by atoms with Crippen molar-refractivity contribution in [3.63, 3.8) is 0 Å². The molecule has 54 valence electrons. The normalized spacial score (nSPS) is 7.60. The largest absolute Gasteiger partial charge is 0.481 e. The Bertz CT molecular complexity index is 163. The summed E-state index contributed by atoms with van der Waals surface area (Å²) in [5, 5.41) is 15.7. The molecule has 0 rings (SSSR count). The van der Waals surface area contributed by atoms with E-state index >= 15 is 0 Å². The van der Waals surface area contributed by atoms with Gasteiger partial charge in [-0.3, -0.25) is 9.59 Å². The maximum atomic E-state index is 9.97. The molecule has 0 spiro atoms. The zero-order chi connectivity index (χ0) is 7.44. The van der Waals surface area contributed by atoms with Gasteiger partial charge in [0.2, 0.25) is 0 Å². The molecule has 0 radical (unpaired) electrons. The highest BCUT2D eigenvalue weighted by Gasteiger charge is 2.14. The average molecular weight is 158 g/mol. The Morgan fingerprint density at radius 2 is 1.50 bits per heavy atom. The van der Waals surface area contributed by atoms with Crippen LogP contribution >= 0.6 is 0 Å². The van der Waals surface area contributed by atoms with Gasteiger partial charge in [0.05, 0.1) is 0 Å². The van der Waals surface area contributed by atoms with Gasteiger partial charge in [0.25, 0.3) is 5.78 Å². The number of aliphatic carboxylic acids is 2. The van der Waals surface area contributed by atoms with E-state index in [2.05, 4.69) is 0 Å². The Hall–Kier alpha value is -0.624. The van der Waals surface area contributed by atoms with Crippen LogP contribution in [-0.4, -0.2) is 51.0 Å². The molecule has 0 fully saturated rings. The molecule has 2 N–H and O–H groups in total. The summed E-state index contributed by atoms with van der Waals surface area (Å²) in [6.07, 6.45) is -0.949. The molecule has 10 heavy (non-hydrogen) atoms. The Labute approximate surface area is 72.2 Å². The van der Waals surface area contributed by atoms with E-state index in [0.717, 1.165) is 0 Å². The highest BCUT2D eigenvalue weighted by atomic mass is 24.3. The number of hydrogen-bond donors (Lipinski definition) is 2. The lowest BCUT2D eigenvalue weighted by Gasteiger charge is -1.85. The van der Waals surface area contributed by atoms with Crippen molar-refractivity contribution < 1.29 is 24.6 Å². The van der Waals surface area contributed by atoms with Gasteiger partial charge in [-0.05, 0) is 0 Å². The summed E-state index contributed by atoms with van der Waals surface area (Å²) in [5.74, 6) is -4.44. The minimum atomic E-state index is -1.71. The number of Topliss-reactive ketones (excluding diaryl/α,β-unsaturated/α-hetero) is 1. The Morgan fingerprint density at radius 3 is 1.60 bits per heavy atom. The van der Waals surface area contributed by atoms with E-state index in [0.29, 0.717) is 0 Å². The molecule has 0 aromatic carbocycles. The minimum absolute atomic E-state index is 0. The lowest BCUT2D eigenvalue weighted by Crippen LogP contribution is -2.16. The predicted molar refractivity (Wildman–Crippen MR) is 33.4 cm³/mol. The van der Waals surface area contributed by atoms with Crippen LogP contribution in [0.4, 0.5) is 0 Å². The van der Waals surface area contributed by atoms with E-state index in [-0.39, 0.29) is 23.1 Å². The predicted octanol–water partition coefficient (Wildman–Crippen LogP) is -1.80. The summed E-state index contributed by atoms with van der Waals surface area (Å²) in [6, 6.07) is 0. The molecule has 0 saturated heterocycles. The van der Waals surface area contributed by atoms with Gasteiger partial charge in [-0.25, -0.2) is 4.79 Å². The van der Waals surface area contributed by atoms with Crippen LogP contribution in [0, 0.1) is 0 Å². The molecular weight excluding hydrogens is 152 g/mol. The number of carboxylic acids is 2. The molecule has 0 aromatic heterocycles. The zero-order valence-corrected chi connectivity index (χ0v) is 4.33. The van der Waals surface area contributed by atoms with E-state index in [1.165, 1.54) is 0 Å². The Morgan fingerprint density at radius 1 is 1.10 bits per heavy atom. The first-order chi connectivity index (χ1) is 4.04. The van der Waals surface area contributed by atoms with E-state index < -0.39 is 24.1 Å². The molecule has 0 atom stereocenters. The highest BCUT2D eigenvalue weighted by Crippen LogP contribution is 1.81. The van der Waals surface area contributed by atoms with Gasteiger partial charge in [-0.15, -0.1) is 0 Å². The molecule has 0 aromatic rings. The lowest BCUT2D eigenvalue weighted by molar-refractivity contribution is -0.152. The standard InChI is InChI=1S/C4H4O5.Mg.2H/c5-2(4(8)9)1-3(6)7;;;/h1H2,(H,6,7)(H,8,9);;;. The second-order valence-corrected chi connectivity index (χ2v) is 1.30. The van der Waals surface area contributed by atoms with Gasteiger partial charge in [0.15, 0.2) is 0 Å². The maximum Gasteiger partial charge on any atom is 0.372 e. The van der Waals surface area contributed by atoms with Crippen LogP contribution in [0.3, 0.4) is 0 Å². The number of ketones is 1. The van der Waals surface area contributed by atoms with Crippen molar-refractivity contribution in [1.82, 2.24) is 0 Å². The molecule has 0 aliphatic heterocycles. The van der Waals surface area contributed by atoms with Crippen molar-refractivity contribution in [3.05, 3.63) is 0 Å². The third-order valence-corrected chi connectivity index (χ3v) is 0.550. The minimum Gasteiger partial charge on any atom is -0.481 e. The summed E-state index contributed by atoms with van der Waals surface area (Å²) in [5.41, 5.74) is 0. The fraction of sp³-hybridized carbons (Fsp3) is 0.250. The second-order valence-electron chi connectivity index (χ2n) is 1.30. The topological polar surface area (TPSA) is 91.7 Å². The lowest BCUT2D eigenvalue weighted by atomic mass is 10.3. The SMILES string of the molecule is O=C(O)CC(=O)C(=O)O.[MgH2]. The first-order valence-corrected chi connectivity index (χ1v) is 2.02. The summed E-state index contributed by atoms with van der Waals surface area (Å²) >= 11 is 0. The molecule has 0 heterocycles. The fourth-order valence-corrected chi connectivity index (χ4v) is 0.213. The summed E-state index contributed by atoms with van der Waals surface area (Å²) < 4.78 is 0. The summed E-state index contributed by atoms with van der Waals surface area (Å²) in [6.45, 7) is 0. The van der Waals surface area contributed by atoms with Gasteiger partial charge in [-0.1, -0.05) is 0 Å². The maximum absolute atomic E-state index is 9.97. The van der Waals surface area contributed by atoms with Crippen molar-refractivity contribution in [2.24, 2.45) is 0 Å². The first-order valence-electron chi connectivity index (χ1n) is 2.02. The van der Waals surface area contributed by atoms with Crippen LogP contribution in [-0.2, 0) is 14.4 Å². The van der Waals surface area contributed by atoms with Crippen LogP contribution in [0.5, 0.6) is 0 Å². The molecule has 5 nitrogen and oxygen atoms in total. The Kier molecular flexibility index (Phi) is 6.27. The van der Waals surface area contributed by atoms with Gasteiger partial charge in [-0.2, -0.15) is 0 Å². The summed E-state index contributed by atoms with van der Waals surface area (Å²) in [4.78, 5) is 29.2. The average Bonchev–Trinajstić information content (AvgIpc) is 1.63. The van der Waals surface area contributed by atoms with Crippen LogP contribution < -0.4 is 0 Å². The molecule has 0 saturated carbocycles. The van der Waals surface area contributed by atoms with Crippen LogP contribution in [0.25, 0.3) is 0 Å².